The number of nitrogens with one attached hydrogen (secondary N) is 1. The molecule has 108 valence electrons. The molecule has 0 aliphatic heterocycles. The van der Waals surface area contributed by atoms with Crippen LogP contribution in [-0.2, 0) is 0 Å². The first-order valence-corrected chi connectivity index (χ1v) is 7.25. The highest BCUT2D eigenvalue weighted by atomic mass is 16.5. The molecule has 1 aromatic rings. The number of aromatic nitrogens is 1. The van der Waals surface area contributed by atoms with Crippen LogP contribution in [-0.4, -0.2) is 17.6 Å². The highest BCUT2D eigenvalue weighted by Crippen LogP contribution is 2.36. The Balaban J connectivity index is 3.02. The fraction of sp³-hybridized carbons (Fsp3) is 0.688. The molecule has 0 spiro atoms. The Bertz CT molecular complexity index is 388. The molecule has 0 aromatic carbocycles. The lowest BCUT2D eigenvalue weighted by molar-refractivity contribution is 0.229. The van der Waals surface area contributed by atoms with Gasteiger partial charge in [0.05, 0.1) is 12.3 Å². The van der Waals surface area contributed by atoms with E-state index in [2.05, 4.69) is 44.1 Å². The van der Waals surface area contributed by atoms with Crippen LogP contribution >= 0.6 is 0 Å². The summed E-state index contributed by atoms with van der Waals surface area (Å²) in [7, 11) is 0. The zero-order valence-corrected chi connectivity index (χ0v) is 13.2. The first-order valence-electron chi connectivity index (χ1n) is 7.25. The molecule has 19 heavy (non-hydrogen) atoms. The van der Waals surface area contributed by atoms with Gasteiger partial charge in [-0.05, 0) is 43.9 Å². The Morgan fingerprint density at radius 1 is 1.26 bits per heavy atom. The molecular formula is C16H28N2O. The third-order valence-electron chi connectivity index (χ3n) is 3.54. The van der Waals surface area contributed by atoms with Crippen molar-refractivity contribution < 1.29 is 4.74 Å². The van der Waals surface area contributed by atoms with Crippen LogP contribution in [0.5, 0.6) is 5.75 Å². The van der Waals surface area contributed by atoms with Crippen molar-refractivity contribution in [2.45, 2.75) is 60.1 Å². The summed E-state index contributed by atoms with van der Waals surface area (Å²) in [6.07, 6.45) is 5.01. The molecule has 1 atom stereocenters. The SMILES string of the molecule is CCNC(c1cncc(OC(C)C)c1)C(C)(C)CC. The number of hydrogen-bond acceptors (Lipinski definition) is 3. The van der Waals surface area contributed by atoms with Crippen molar-refractivity contribution >= 4 is 0 Å². The molecule has 0 bridgehead atoms. The molecule has 1 unspecified atom stereocenters. The van der Waals surface area contributed by atoms with E-state index < -0.39 is 0 Å². The van der Waals surface area contributed by atoms with Crippen molar-refractivity contribution in [3.8, 4) is 5.75 Å². The summed E-state index contributed by atoms with van der Waals surface area (Å²) in [6, 6.07) is 2.41. The standard InChI is InChI=1S/C16H28N2O/c1-7-16(5,6)15(18-8-2)13-9-14(11-17-10-13)19-12(3)4/h9-12,15,18H,7-8H2,1-6H3. The van der Waals surface area contributed by atoms with E-state index >= 15 is 0 Å². The molecule has 0 amide bonds. The van der Waals surface area contributed by atoms with Crippen molar-refractivity contribution in [1.29, 1.82) is 0 Å². The Morgan fingerprint density at radius 2 is 1.95 bits per heavy atom. The molecule has 3 heteroatoms. The zero-order valence-electron chi connectivity index (χ0n) is 13.2. The molecule has 1 N–H and O–H groups in total. The van der Waals surface area contributed by atoms with Gasteiger partial charge in [0.1, 0.15) is 5.75 Å². The van der Waals surface area contributed by atoms with Gasteiger partial charge in [-0.1, -0.05) is 27.7 Å². The van der Waals surface area contributed by atoms with Crippen molar-refractivity contribution in [2.24, 2.45) is 5.41 Å². The lowest BCUT2D eigenvalue weighted by Crippen LogP contribution is -2.34. The van der Waals surface area contributed by atoms with Gasteiger partial charge in [0.2, 0.25) is 0 Å². The van der Waals surface area contributed by atoms with E-state index in [0.717, 1.165) is 18.7 Å². The molecule has 1 aromatic heterocycles. The molecule has 0 aliphatic carbocycles. The normalized spacial score (nSPS) is 13.6. The predicted octanol–water partition coefficient (Wildman–Crippen LogP) is 3.96. The van der Waals surface area contributed by atoms with E-state index in [1.54, 1.807) is 6.20 Å². The maximum absolute atomic E-state index is 5.74. The van der Waals surface area contributed by atoms with E-state index in [1.165, 1.54) is 5.56 Å². The predicted molar refractivity (Wildman–Crippen MR) is 80.5 cm³/mol. The maximum atomic E-state index is 5.74. The third-order valence-corrected chi connectivity index (χ3v) is 3.54. The minimum atomic E-state index is 0.175. The van der Waals surface area contributed by atoms with Crippen LogP contribution in [0.1, 0.15) is 59.6 Å². The summed E-state index contributed by atoms with van der Waals surface area (Å²) in [5, 5.41) is 3.58. The van der Waals surface area contributed by atoms with E-state index in [0.29, 0.717) is 6.04 Å². The molecule has 0 radical (unpaired) electrons. The smallest absolute Gasteiger partial charge is 0.138 e. The van der Waals surface area contributed by atoms with E-state index in [1.807, 2.05) is 20.0 Å². The van der Waals surface area contributed by atoms with Crippen molar-refractivity contribution in [2.75, 3.05) is 6.54 Å². The second kappa shape index (κ2) is 6.90. The van der Waals surface area contributed by atoms with Gasteiger partial charge in [0.15, 0.2) is 0 Å². The van der Waals surface area contributed by atoms with Crippen molar-refractivity contribution in [3.05, 3.63) is 24.0 Å². The van der Waals surface area contributed by atoms with Gasteiger partial charge in [-0.15, -0.1) is 0 Å². The first-order chi connectivity index (χ1) is 8.90. The summed E-state index contributed by atoms with van der Waals surface area (Å²) in [4.78, 5) is 4.32. The van der Waals surface area contributed by atoms with Crippen LogP contribution in [0.3, 0.4) is 0 Å². The highest BCUT2D eigenvalue weighted by Gasteiger charge is 2.28. The highest BCUT2D eigenvalue weighted by molar-refractivity contribution is 5.27. The Labute approximate surface area is 117 Å². The lowest BCUT2D eigenvalue weighted by Gasteiger charge is -2.34. The van der Waals surface area contributed by atoms with E-state index in [-0.39, 0.29) is 11.5 Å². The summed E-state index contributed by atoms with van der Waals surface area (Å²) < 4.78 is 5.74. The molecule has 0 aliphatic rings. The molecule has 3 nitrogen and oxygen atoms in total. The van der Waals surface area contributed by atoms with Gasteiger partial charge in [0.25, 0.3) is 0 Å². The van der Waals surface area contributed by atoms with Crippen LogP contribution in [0.4, 0.5) is 0 Å². The summed E-state index contributed by atoms with van der Waals surface area (Å²) in [6.45, 7) is 14.0. The quantitative estimate of drug-likeness (QED) is 0.809. The van der Waals surface area contributed by atoms with Gasteiger partial charge in [-0.2, -0.15) is 0 Å². The monoisotopic (exact) mass is 264 g/mol. The van der Waals surface area contributed by atoms with Crippen LogP contribution in [0.25, 0.3) is 0 Å². The largest absolute Gasteiger partial charge is 0.489 e. The van der Waals surface area contributed by atoms with Gasteiger partial charge >= 0.3 is 0 Å². The molecule has 0 saturated heterocycles. The minimum absolute atomic E-state index is 0.175. The number of pyridine rings is 1. The number of nitrogens with zero attached hydrogens (tertiary/aromatic N) is 1. The van der Waals surface area contributed by atoms with E-state index in [4.69, 9.17) is 4.74 Å². The van der Waals surface area contributed by atoms with Crippen LogP contribution < -0.4 is 10.1 Å². The number of rotatable bonds is 7. The Hall–Kier alpha value is -1.09. The summed E-state index contributed by atoms with van der Waals surface area (Å²) in [5.74, 6) is 0.849. The van der Waals surface area contributed by atoms with Crippen molar-refractivity contribution in [1.82, 2.24) is 10.3 Å². The molecular weight excluding hydrogens is 236 g/mol. The van der Waals surface area contributed by atoms with Gasteiger partial charge in [-0.25, -0.2) is 0 Å². The van der Waals surface area contributed by atoms with Crippen molar-refractivity contribution in [3.63, 3.8) is 0 Å². The van der Waals surface area contributed by atoms with Gasteiger partial charge in [-0.3, -0.25) is 4.98 Å². The van der Waals surface area contributed by atoms with Gasteiger partial charge < -0.3 is 10.1 Å². The second-order valence-electron chi connectivity index (χ2n) is 5.95. The first kappa shape index (κ1) is 16.0. The van der Waals surface area contributed by atoms with Gasteiger partial charge in [0, 0.05) is 12.2 Å². The topological polar surface area (TPSA) is 34.2 Å². The maximum Gasteiger partial charge on any atom is 0.138 e. The third kappa shape index (κ3) is 4.50. The minimum Gasteiger partial charge on any atom is -0.489 e. The molecule has 0 saturated carbocycles. The lowest BCUT2D eigenvalue weighted by atomic mass is 9.78. The fourth-order valence-electron chi connectivity index (χ4n) is 2.18. The summed E-state index contributed by atoms with van der Waals surface area (Å²) in [5.41, 5.74) is 1.39. The zero-order chi connectivity index (χ0) is 14.5. The number of hydrogen-bond donors (Lipinski definition) is 1. The Morgan fingerprint density at radius 3 is 2.47 bits per heavy atom. The van der Waals surface area contributed by atoms with Crippen LogP contribution in [0.2, 0.25) is 0 Å². The van der Waals surface area contributed by atoms with Crippen LogP contribution in [0, 0.1) is 5.41 Å². The number of ether oxygens (including phenoxy) is 1. The summed E-state index contributed by atoms with van der Waals surface area (Å²) >= 11 is 0. The average molecular weight is 264 g/mol. The Kier molecular flexibility index (Phi) is 5.80. The average Bonchev–Trinajstić information content (AvgIpc) is 2.35. The van der Waals surface area contributed by atoms with E-state index in [9.17, 15) is 0 Å². The second-order valence-corrected chi connectivity index (χ2v) is 5.95. The molecule has 1 heterocycles. The fourth-order valence-corrected chi connectivity index (χ4v) is 2.18. The van der Waals surface area contributed by atoms with Crippen LogP contribution in [0.15, 0.2) is 18.5 Å². The molecule has 0 fully saturated rings. The molecule has 1 rings (SSSR count).